The zero-order valence-electron chi connectivity index (χ0n) is 7.66. The number of allylic oxidation sites excluding steroid dienone is 1. The molecule has 0 saturated carbocycles. The predicted octanol–water partition coefficient (Wildman–Crippen LogP) is 2.27. The molecule has 0 aliphatic rings. The highest BCUT2D eigenvalue weighted by molar-refractivity contribution is 6.33. The zero-order chi connectivity index (χ0) is 11.3. The maximum absolute atomic E-state index is 8.48. The van der Waals surface area contributed by atoms with Crippen molar-refractivity contribution in [1.82, 2.24) is 0 Å². The molecule has 0 saturated heterocycles. The summed E-state index contributed by atoms with van der Waals surface area (Å²) < 4.78 is 0. The van der Waals surface area contributed by atoms with Crippen LogP contribution in [0.5, 0.6) is 0 Å². The lowest BCUT2D eigenvalue weighted by atomic mass is 10.3. The molecule has 0 spiro atoms. The fourth-order valence-corrected chi connectivity index (χ4v) is 1.04. The summed E-state index contributed by atoms with van der Waals surface area (Å²) in [6.45, 7) is 0. The Bertz CT molecular complexity index is 463. The van der Waals surface area contributed by atoms with Gasteiger partial charge >= 0.3 is 0 Å². The van der Waals surface area contributed by atoms with Gasteiger partial charge in [0.25, 0.3) is 0 Å². The van der Waals surface area contributed by atoms with Crippen molar-refractivity contribution in [2.24, 2.45) is 0 Å². The normalized spacial score (nSPS) is 8.47. The van der Waals surface area contributed by atoms with Crippen LogP contribution < -0.4 is 11.1 Å². The number of benzene rings is 1. The second-order valence-corrected chi connectivity index (χ2v) is 3.07. The summed E-state index contributed by atoms with van der Waals surface area (Å²) in [4.78, 5) is 0. The van der Waals surface area contributed by atoms with Crippen LogP contribution in [0.2, 0.25) is 5.02 Å². The Morgan fingerprint density at radius 1 is 1.40 bits per heavy atom. The molecular formula is C10H7ClN4. The fraction of sp³-hybridized carbons (Fsp3) is 0. The molecule has 5 heteroatoms. The van der Waals surface area contributed by atoms with Crippen molar-refractivity contribution in [3.63, 3.8) is 0 Å². The Hall–Kier alpha value is -2.17. The number of hydrogen-bond acceptors (Lipinski definition) is 4. The van der Waals surface area contributed by atoms with Crippen LogP contribution in [0.15, 0.2) is 30.0 Å². The molecule has 0 amide bonds. The monoisotopic (exact) mass is 218 g/mol. The minimum atomic E-state index is -0.0112. The first-order valence-electron chi connectivity index (χ1n) is 3.99. The van der Waals surface area contributed by atoms with Gasteiger partial charge in [0.2, 0.25) is 0 Å². The molecule has 1 aromatic carbocycles. The third-order valence-corrected chi connectivity index (χ3v) is 1.95. The Morgan fingerprint density at radius 2 is 2.07 bits per heavy atom. The number of anilines is 2. The molecule has 0 radical (unpaired) electrons. The quantitative estimate of drug-likeness (QED) is 0.589. The second-order valence-electron chi connectivity index (χ2n) is 2.66. The van der Waals surface area contributed by atoms with Gasteiger partial charge in [-0.25, -0.2) is 0 Å². The summed E-state index contributed by atoms with van der Waals surface area (Å²) in [7, 11) is 0. The molecule has 0 aliphatic heterocycles. The molecule has 4 nitrogen and oxygen atoms in total. The molecule has 0 fully saturated rings. The van der Waals surface area contributed by atoms with E-state index >= 15 is 0 Å². The standard InChI is InChI=1S/C10H7ClN4/c11-9-3-8(1-2-10(9)14)15-6-7(4-12)5-13/h1-3,6,15H,14H2. The fourth-order valence-electron chi connectivity index (χ4n) is 0.862. The SMILES string of the molecule is N#CC(C#N)=CNc1ccc(N)c(Cl)c1. The number of hydrogen-bond donors (Lipinski definition) is 2. The summed E-state index contributed by atoms with van der Waals surface area (Å²) in [5, 5.41) is 20.1. The number of nitrogens with one attached hydrogen (secondary N) is 1. The van der Waals surface area contributed by atoms with Gasteiger partial charge in [0.05, 0.1) is 10.7 Å². The first-order valence-corrected chi connectivity index (χ1v) is 4.37. The van der Waals surface area contributed by atoms with Crippen LogP contribution in [0.4, 0.5) is 11.4 Å². The maximum Gasteiger partial charge on any atom is 0.145 e. The lowest BCUT2D eigenvalue weighted by Gasteiger charge is -2.02. The highest BCUT2D eigenvalue weighted by Crippen LogP contribution is 2.22. The third kappa shape index (κ3) is 2.91. The van der Waals surface area contributed by atoms with Crippen LogP contribution in [-0.4, -0.2) is 0 Å². The Morgan fingerprint density at radius 3 is 2.60 bits per heavy atom. The van der Waals surface area contributed by atoms with Crippen molar-refractivity contribution in [2.75, 3.05) is 11.1 Å². The summed E-state index contributed by atoms with van der Waals surface area (Å²) in [6.07, 6.45) is 1.31. The lowest BCUT2D eigenvalue weighted by molar-refractivity contribution is 1.44. The van der Waals surface area contributed by atoms with E-state index in [1.165, 1.54) is 6.20 Å². The zero-order valence-corrected chi connectivity index (χ0v) is 8.42. The molecule has 15 heavy (non-hydrogen) atoms. The maximum atomic E-state index is 8.48. The molecular weight excluding hydrogens is 212 g/mol. The first-order chi connectivity index (χ1) is 7.17. The molecule has 0 atom stereocenters. The van der Waals surface area contributed by atoms with Crippen molar-refractivity contribution < 1.29 is 0 Å². The van der Waals surface area contributed by atoms with E-state index in [9.17, 15) is 0 Å². The average molecular weight is 219 g/mol. The smallest absolute Gasteiger partial charge is 0.145 e. The topological polar surface area (TPSA) is 85.6 Å². The average Bonchev–Trinajstić information content (AvgIpc) is 2.24. The van der Waals surface area contributed by atoms with Gasteiger partial charge in [-0.2, -0.15) is 10.5 Å². The van der Waals surface area contributed by atoms with E-state index in [1.54, 1.807) is 30.3 Å². The van der Waals surface area contributed by atoms with Crippen LogP contribution in [0.25, 0.3) is 0 Å². The number of halogens is 1. The van der Waals surface area contributed by atoms with Crippen LogP contribution in [0.3, 0.4) is 0 Å². The molecule has 1 rings (SSSR count). The molecule has 0 aromatic heterocycles. The second kappa shape index (κ2) is 4.90. The van der Waals surface area contributed by atoms with E-state index in [0.29, 0.717) is 16.4 Å². The molecule has 1 aromatic rings. The minimum absolute atomic E-state index is 0.0112. The van der Waals surface area contributed by atoms with Gasteiger partial charge in [-0.15, -0.1) is 0 Å². The summed E-state index contributed by atoms with van der Waals surface area (Å²) in [5.74, 6) is 0. The Kier molecular flexibility index (Phi) is 3.56. The molecule has 0 aliphatic carbocycles. The van der Waals surface area contributed by atoms with Crippen LogP contribution in [0, 0.1) is 22.7 Å². The summed E-state index contributed by atoms with van der Waals surface area (Å²) in [5.41, 5.74) is 6.65. The first kappa shape index (κ1) is 10.9. The van der Waals surface area contributed by atoms with Crippen molar-refractivity contribution in [3.05, 3.63) is 35.0 Å². The van der Waals surface area contributed by atoms with E-state index in [0.717, 1.165) is 0 Å². The van der Waals surface area contributed by atoms with E-state index in [4.69, 9.17) is 27.9 Å². The van der Waals surface area contributed by atoms with E-state index in [-0.39, 0.29) is 5.57 Å². The van der Waals surface area contributed by atoms with Crippen molar-refractivity contribution in [3.8, 4) is 12.1 Å². The third-order valence-electron chi connectivity index (χ3n) is 1.62. The number of nitriles is 2. The number of rotatable bonds is 2. The number of nitrogen functional groups attached to an aromatic ring is 1. The van der Waals surface area contributed by atoms with Gasteiger partial charge in [0, 0.05) is 11.9 Å². The number of nitrogens with zero attached hydrogens (tertiary/aromatic N) is 2. The van der Waals surface area contributed by atoms with Crippen molar-refractivity contribution >= 4 is 23.0 Å². The van der Waals surface area contributed by atoms with Gasteiger partial charge in [-0.05, 0) is 18.2 Å². The van der Waals surface area contributed by atoms with Gasteiger partial charge in [0.15, 0.2) is 0 Å². The molecule has 3 N–H and O–H groups in total. The summed E-state index contributed by atoms with van der Waals surface area (Å²) >= 11 is 5.78. The van der Waals surface area contributed by atoms with Gasteiger partial charge in [-0.3, -0.25) is 0 Å². The van der Waals surface area contributed by atoms with Crippen LogP contribution in [-0.2, 0) is 0 Å². The van der Waals surface area contributed by atoms with E-state index in [1.807, 2.05) is 0 Å². The van der Waals surface area contributed by atoms with Gasteiger partial charge in [-0.1, -0.05) is 11.6 Å². The van der Waals surface area contributed by atoms with Gasteiger partial charge in [0.1, 0.15) is 17.7 Å². The highest BCUT2D eigenvalue weighted by Gasteiger charge is 1.97. The van der Waals surface area contributed by atoms with Crippen molar-refractivity contribution in [2.45, 2.75) is 0 Å². The molecule has 0 bridgehead atoms. The molecule has 0 heterocycles. The highest BCUT2D eigenvalue weighted by atomic mass is 35.5. The summed E-state index contributed by atoms with van der Waals surface area (Å²) in [6, 6.07) is 8.40. The molecule has 0 unspecified atom stereocenters. The minimum Gasteiger partial charge on any atom is -0.398 e. The molecule has 74 valence electrons. The van der Waals surface area contributed by atoms with E-state index in [2.05, 4.69) is 5.32 Å². The van der Waals surface area contributed by atoms with Crippen LogP contribution in [0.1, 0.15) is 0 Å². The predicted molar refractivity (Wildman–Crippen MR) is 58.8 cm³/mol. The number of nitrogens with two attached hydrogens (primary N) is 1. The van der Waals surface area contributed by atoms with E-state index < -0.39 is 0 Å². The van der Waals surface area contributed by atoms with Crippen LogP contribution >= 0.6 is 11.6 Å². The van der Waals surface area contributed by atoms with Crippen molar-refractivity contribution in [1.29, 1.82) is 10.5 Å². The Balaban J connectivity index is 2.84. The largest absolute Gasteiger partial charge is 0.398 e. The Labute approximate surface area is 92.2 Å². The van der Waals surface area contributed by atoms with Gasteiger partial charge < -0.3 is 11.1 Å². The lowest BCUT2D eigenvalue weighted by Crippen LogP contribution is -1.92.